The SMILES string of the molecule is COc1ccc(/C(O)=C2\C(=O)C(=O)N(CCN(C)C)C2c2cc(OC)c(OC)c(OC)c2)cc1Cl. The Kier molecular flexibility index (Phi) is 8.14. The number of aliphatic hydroxyl groups is 1. The van der Waals surface area contributed by atoms with E-state index in [9.17, 15) is 14.7 Å². The van der Waals surface area contributed by atoms with Crippen molar-refractivity contribution in [3.05, 3.63) is 52.1 Å². The van der Waals surface area contributed by atoms with Crippen LogP contribution < -0.4 is 18.9 Å². The van der Waals surface area contributed by atoms with Crippen LogP contribution in [0.1, 0.15) is 17.2 Å². The summed E-state index contributed by atoms with van der Waals surface area (Å²) >= 11 is 6.25. The maximum atomic E-state index is 13.2. The molecule has 1 atom stereocenters. The zero-order valence-corrected chi connectivity index (χ0v) is 21.3. The minimum Gasteiger partial charge on any atom is -0.507 e. The molecule has 1 amide bonds. The fourth-order valence-corrected chi connectivity index (χ4v) is 4.25. The molecule has 1 saturated heterocycles. The van der Waals surface area contributed by atoms with E-state index in [1.165, 1.54) is 39.4 Å². The molecule has 35 heavy (non-hydrogen) atoms. The minimum absolute atomic E-state index is 0.0655. The molecule has 1 heterocycles. The zero-order valence-electron chi connectivity index (χ0n) is 20.5. The number of benzene rings is 2. The molecule has 0 saturated carbocycles. The van der Waals surface area contributed by atoms with Crippen molar-refractivity contribution in [2.24, 2.45) is 0 Å². The predicted molar refractivity (Wildman–Crippen MR) is 132 cm³/mol. The Morgan fingerprint density at radius 3 is 2.06 bits per heavy atom. The first-order valence-corrected chi connectivity index (χ1v) is 11.1. The highest BCUT2D eigenvalue weighted by Crippen LogP contribution is 2.45. The molecule has 0 spiro atoms. The molecule has 2 aromatic rings. The van der Waals surface area contributed by atoms with Gasteiger partial charge in [-0.2, -0.15) is 0 Å². The highest BCUT2D eigenvalue weighted by molar-refractivity contribution is 6.46. The fourth-order valence-electron chi connectivity index (χ4n) is 3.99. The number of ether oxygens (including phenoxy) is 4. The van der Waals surface area contributed by atoms with Gasteiger partial charge in [-0.05, 0) is 50.0 Å². The molecule has 1 aliphatic rings. The van der Waals surface area contributed by atoms with E-state index in [1.54, 1.807) is 24.3 Å². The number of likely N-dealkylation sites (N-methyl/N-ethyl adjacent to an activating group) is 1. The van der Waals surface area contributed by atoms with Gasteiger partial charge in [0, 0.05) is 18.7 Å². The quantitative estimate of drug-likeness (QED) is 0.315. The molecule has 0 radical (unpaired) electrons. The van der Waals surface area contributed by atoms with Crippen LogP contribution in [0.5, 0.6) is 23.0 Å². The Morgan fingerprint density at radius 2 is 1.57 bits per heavy atom. The van der Waals surface area contributed by atoms with Gasteiger partial charge >= 0.3 is 0 Å². The molecular formula is C25H29ClN2O7. The summed E-state index contributed by atoms with van der Waals surface area (Å²) in [7, 11) is 9.64. The summed E-state index contributed by atoms with van der Waals surface area (Å²) in [6.07, 6.45) is 0. The van der Waals surface area contributed by atoms with Gasteiger partial charge in [-0.1, -0.05) is 11.6 Å². The van der Waals surface area contributed by atoms with E-state index in [4.69, 9.17) is 30.5 Å². The van der Waals surface area contributed by atoms with Crippen LogP contribution in [0.15, 0.2) is 35.9 Å². The van der Waals surface area contributed by atoms with E-state index in [2.05, 4.69) is 0 Å². The Morgan fingerprint density at radius 1 is 0.971 bits per heavy atom. The van der Waals surface area contributed by atoms with Crippen LogP contribution in [0.3, 0.4) is 0 Å². The summed E-state index contributed by atoms with van der Waals surface area (Å²) in [6.45, 7) is 0.751. The van der Waals surface area contributed by atoms with Crippen LogP contribution in [-0.2, 0) is 9.59 Å². The Bertz CT molecular complexity index is 1140. The van der Waals surface area contributed by atoms with Crippen LogP contribution in [0.2, 0.25) is 5.02 Å². The topological polar surface area (TPSA) is 97.8 Å². The highest BCUT2D eigenvalue weighted by Gasteiger charge is 2.46. The van der Waals surface area contributed by atoms with Crippen molar-refractivity contribution >= 4 is 29.1 Å². The lowest BCUT2D eigenvalue weighted by atomic mass is 9.94. The monoisotopic (exact) mass is 504 g/mol. The summed E-state index contributed by atoms with van der Waals surface area (Å²) in [5, 5.41) is 11.5. The molecule has 1 aliphatic heterocycles. The fraction of sp³-hybridized carbons (Fsp3) is 0.360. The summed E-state index contributed by atoms with van der Waals surface area (Å²) in [5.74, 6) is -0.375. The molecule has 9 nitrogen and oxygen atoms in total. The number of methoxy groups -OCH3 is 4. The summed E-state index contributed by atoms with van der Waals surface area (Å²) < 4.78 is 21.5. The second-order valence-electron chi connectivity index (χ2n) is 8.10. The van der Waals surface area contributed by atoms with Crippen molar-refractivity contribution in [2.45, 2.75) is 6.04 Å². The van der Waals surface area contributed by atoms with Gasteiger partial charge in [-0.25, -0.2) is 0 Å². The zero-order chi connectivity index (χ0) is 25.9. The van der Waals surface area contributed by atoms with Crippen LogP contribution >= 0.6 is 11.6 Å². The van der Waals surface area contributed by atoms with E-state index in [0.717, 1.165) is 0 Å². The average Bonchev–Trinajstić information content (AvgIpc) is 3.10. The number of likely N-dealkylation sites (tertiary alicyclic amines) is 1. The maximum Gasteiger partial charge on any atom is 0.295 e. The number of amides is 1. The Balaban J connectivity index is 2.26. The highest BCUT2D eigenvalue weighted by atomic mass is 35.5. The Labute approximate surface area is 209 Å². The van der Waals surface area contributed by atoms with Crippen molar-refractivity contribution in [3.8, 4) is 23.0 Å². The van der Waals surface area contributed by atoms with Gasteiger partial charge < -0.3 is 33.9 Å². The number of hydrogen-bond acceptors (Lipinski definition) is 8. The van der Waals surface area contributed by atoms with E-state index in [-0.39, 0.29) is 28.5 Å². The standard InChI is InChI=1S/C25H29ClN2O7/c1-27(2)9-10-28-21(15-12-18(33-4)24(35-6)19(13-15)34-5)20(23(30)25(28)31)22(29)14-7-8-17(32-3)16(26)11-14/h7-8,11-13,21,29H,9-10H2,1-6H3/b22-20+. The molecule has 0 aromatic heterocycles. The largest absolute Gasteiger partial charge is 0.507 e. The summed E-state index contributed by atoms with van der Waals surface area (Å²) in [5.41, 5.74) is 0.724. The van der Waals surface area contributed by atoms with Gasteiger partial charge in [0.1, 0.15) is 11.5 Å². The number of carbonyl (C=O) groups excluding carboxylic acids is 2. The average molecular weight is 505 g/mol. The van der Waals surface area contributed by atoms with Gasteiger partial charge in [0.15, 0.2) is 11.5 Å². The second kappa shape index (κ2) is 10.9. The van der Waals surface area contributed by atoms with Crippen molar-refractivity contribution in [1.82, 2.24) is 9.80 Å². The van der Waals surface area contributed by atoms with Crippen molar-refractivity contribution < 1.29 is 33.6 Å². The minimum atomic E-state index is -0.899. The van der Waals surface area contributed by atoms with E-state index < -0.39 is 17.7 Å². The molecule has 1 unspecified atom stereocenters. The lowest BCUT2D eigenvalue weighted by Crippen LogP contribution is -2.35. The summed E-state index contributed by atoms with van der Waals surface area (Å²) in [6, 6.07) is 7.05. The van der Waals surface area contributed by atoms with Gasteiger partial charge in [-0.15, -0.1) is 0 Å². The lowest BCUT2D eigenvalue weighted by Gasteiger charge is -2.27. The lowest BCUT2D eigenvalue weighted by molar-refractivity contribution is -0.140. The predicted octanol–water partition coefficient (Wildman–Crippen LogP) is 3.36. The van der Waals surface area contributed by atoms with Crippen LogP contribution in [0, 0.1) is 0 Å². The molecule has 2 aromatic carbocycles. The first-order valence-electron chi connectivity index (χ1n) is 10.7. The molecule has 0 aliphatic carbocycles. The third-order valence-electron chi connectivity index (χ3n) is 5.76. The third kappa shape index (κ3) is 5.01. The normalized spacial score (nSPS) is 17.1. The van der Waals surface area contributed by atoms with Crippen molar-refractivity contribution in [2.75, 3.05) is 55.6 Å². The number of carbonyl (C=O) groups is 2. The maximum absolute atomic E-state index is 13.2. The van der Waals surface area contributed by atoms with Gasteiger partial charge in [0.05, 0.1) is 45.1 Å². The second-order valence-corrected chi connectivity index (χ2v) is 8.51. The smallest absolute Gasteiger partial charge is 0.295 e. The van der Waals surface area contributed by atoms with Crippen LogP contribution in [0.4, 0.5) is 0 Å². The number of ketones is 1. The first-order chi connectivity index (χ1) is 16.7. The van der Waals surface area contributed by atoms with Crippen molar-refractivity contribution in [3.63, 3.8) is 0 Å². The number of Topliss-reactive ketones (excluding diaryl/α,β-unsaturated/α-hetero) is 1. The first kappa shape index (κ1) is 26.2. The summed E-state index contributed by atoms with van der Waals surface area (Å²) in [4.78, 5) is 29.7. The number of nitrogens with zero attached hydrogens (tertiary/aromatic N) is 2. The van der Waals surface area contributed by atoms with Crippen LogP contribution in [-0.4, -0.2) is 82.2 Å². The molecular weight excluding hydrogens is 476 g/mol. The van der Waals surface area contributed by atoms with Gasteiger partial charge in [0.25, 0.3) is 11.7 Å². The number of halogens is 1. The van der Waals surface area contributed by atoms with Crippen molar-refractivity contribution in [1.29, 1.82) is 0 Å². The molecule has 0 bridgehead atoms. The number of rotatable bonds is 9. The molecule has 10 heteroatoms. The van der Waals surface area contributed by atoms with Gasteiger partial charge in [0.2, 0.25) is 5.75 Å². The van der Waals surface area contributed by atoms with E-state index in [1.807, 2.05) is 19.0 Å². The van der Waals surface area contributed by atoms with Crippen LogP contribution in [0.25, 0.3) is 5.76 Å². The number of hydrogen-bond donors (Lipinski definition) is 1. The molecule has 1 fully saturated rings. The molecule has 3 rings (SSSR count). The van der Waals surface area contributed by atoms with E-state index in [0.29, 0.717) is 35.1 Å². The number of aliphatic hydroxyl groups excluding tert-OH is 1. The molecule has 188 valence electrons. The van der Waals surface area contributed by atoms with E-state index >= 15 is 0 Å². The Hall–Kier alpha value is -3.43. The van der Waals surface area contributed by atoms with Gasteiger partial charge in [-0.3, -0.25) is 9.59 Å². The molecule has 1 N–H and O–H groups in total. The third-order valence-corrected chi connectivity index (χ3v) is 6.05.